The minimum Gasteiger partial charge on any atom is -0.344 e. The number of nitrogens with one attached hydrogen (secondary N) is 2. The zero-order valence-electron chi connectivity index (χ0n) is 22.5. The van der Waals surface area contributed by atoms with Crippen molar-refractivity contribution in [3.05, 3.63) is 29.3 Å². The number of hydrogen-bond acceptors (Lipinski definition) is 3. The average molecular weight is 521 g/mol. The van der Waals surface area contributed by atoms with Crippen LogP contribution >= 0.6 is 11.6 Å². The molecule has 1 aromatic carbocycles. The topological polar surface area (TPSA) is 81.8 Å². The molecular formula is C28H45ClN4O3. The van der Waals surface area contributed by atoms with Crippen LogP contribution in [0.15, 0.2) is 24.3 Å². The van der Waals surface area contributed by atoms with Gasteiger partial charge in [0.1, 0.15) is 6.04 Å². The van der Waals surface area contributed by atoms with Gasteiger partial charge in [0.2, 0.25) is 11.8 Å². The number of unbranched alkanes of at least 4 members (excludes halogenated alkanes) is 6. The maximum Gasteiger partial charge on any atom is 0.322 e. The molecule has 0 radical (unpaired) electrons. The molecule has 1 aromatic rings. The van der Waals surface area contributed by atoms with Gasteiger partial charge in [-0.05, 0) is 43.5 Å². The van der Waals surface area contributed by atoms with Crippen LogP contribution in [0.2, 0.25) is 5.02 Å². The number of piperazine rings is 1. The Kier molecular flexibility index (Phi) is 13.1. The first kappa shape index (κ1) is 29.9. The minimum absolute atomic E-state index is 0.0389. The van der Waals surface area contributed by atoms with Crippen LogP contribution in [-0.2, 0) is 9.59 Å². The van der Waals surface area contributed by atoms with E-state index in [-0.39, 0.29) is 29.8 Å². The molecule has 0 aliphatic carbocycles. The molecule has 202 valence electrons. The van der Waals surface area contributed by atoms with Crippen LogP contribution in [0.1, 0.15) is 85.5 Å². The van der Waals surface area contributed by atoms with Crippen LogP contribution in [0, 0.1) is 5.92 Å². The van der Waals surface area contributed by atoms with Gasteiger partial charge in [-0.3, -0.25) is 9.59 Å². The van der Waals surface area contributed by atoms with Gasteiger partial charge < -0.3 is 20.4 Å². The first-order chi connectivity index (χ1) is 17.3. The average Bonchev–Trinajstić information content (AvgIpc) is 2.87. The highest BCUT2D eigenvalue weighted by atomic mass is 35.5. The van der Waals surface area contributed by atoms with E-state index >= 15 is 0 Å². The summed E-state index contributed by atoms with van der Waals surface area (Å²) >= 11 is 5.92. The lowest BCUT2D eigenvalue weighted by Gasteiger charge is -2.41. The molecule has 1 heterocycles. The third kappa shape index (κ3) is 9.64. The molecule has 1 saturated heterocycles. The van der Waals surface area contributed by atoms with Crippen LogP contribution < -0.4 is 10.6 Å². The molecule has 4 amide bonds. The van der Waals surface area contributed by atoms with Crippen molar-refractivity contribution in [1.82, 2.24) is 15.1 Å². The third-order valence-electron chi connectivity index (χ3n) is 7.10. The zero-order chi connectivity index (χ0) is 26.5. The predicted octanol–water partition coefficient (Wildman–Crippen LogP) is 6.08. The normalized spacial score (nSPS) is 17.4. The van der Waals surface area contributed by atoms with Crippen molar-refractivity contribution in [2.24, 2.45) is 5.92 Å². The maximum absolute atomic E-state index is 13.4. The quantitative estimate of drug-likeness (QED) is 0.309. The molecule has 1 fully saturated rings. The van der Waals surface area contributed by atoms with Crippen LogP contribution in [0.3, 0.4) is 0 Å². The van der Waals surface area contributed by atoms with E-state index < -0.39 is 6.04 Å². The smallest absolute Gasteiger partial charge is 0.322 e. The molecule has 8 heteroatoms. The van der Waals surface area contributed by atoms with E-state index in [9.17, 15) is 14.4 Å². The molecule has 1 aliphatic heterocycles. The Morgan fingerprint density at radius 2 is 1.64 bits per heavy atom. The van der Waals surface area contributed by atoms with E-state index in [0.29, 0.717) is 36.8 Å². The number of carbonyl (C=O) groups excluding carboxylic acids is 3. The maximum atomic E-state index is 13.4. The molecular weight excluding hydrogens is 476 g/mol. The molecule has 7 nitrogen and oxygen atoms in total. The van der Waals surface area contributed by atoms with E-state index in [1.807, 2.05) is 20.8 Å². The number of nitrogens with zero attached hydrogens (tertiary/aromatic N) is 2. The number of carbonyl (C=O) groups is 3. The Morgan fingerprint density at radius 3 is 2.25 bits per heavy atom. The Bertz CT molecular complexity index is 833. The van der Waals surface area contributed by atoms with Gasteiger partial charge in [0, 0.05) is 42.8 Å². The monoisotopic (exact) mass is 520 g/mol. The Hall–Kier alpha value is -2.28. The van der Waals surface area contributed by atoms with Gasteiger partial charge >= 0.3 is 6.03 Å². The van der Waals surface area contributed by atoms with Gasteiger partial charge in [-0.1, -0.05) is 77.3 Å². The fraction of sp³-hybridized carbons (Fsp3) is 0.679. The zero-order valence-corrected chi connectivity index (χ0v) is 23.3. The summed E-state index contributed by atoms with van der Waals surface area (Å²) in [5.74, 6) is -0.0601. The summed E-state index contributed by atoms with van der Waals surface area (Å²) in [6.45, 7) is 9.51. The molecule has 3 atom stereocenters. The third-order valence-corrected chi connectivity index (χ3v) is 7.35. The van der Waals surface area contributed by atoms with Crippen molar-refractivity contribution in [2.45, 2.75) is 97.6 Å². The highest BCUT2D eigenvalue weighted by molar-refractivity contribution is 6.30. The van der Waals surface area contributed by atoms with Crippen molar-refractivity contribution in [1.29, 1.82) is 0 Å². The number of hydrogen-bond donors (Lipinski definition) is 2. The van der Waals surface area contributed by atoms with Crippen molar-refractivity contribution >= 4 is 35.1 Å². The number of urea groups is 1. The lowest BCUT2D eigenvalue weighted by Crippen LogP contribution is -2.60. The van der Waals surface area contributed by atoms with Crippen LogP contribution in [-0.4, -0.2) is 59.4 Å². The van der Waals surface area contributed by atoms with Gasteiger partial charge in [-0.2, -0.15) is 0 Å². The first-order valence-corrected chi connectivity index (χ1v) is 14.1. The molecule has 36 heavy (non-hydrogen) atoms. The fourth-order valence-corrected chi connectivity index (χ4v) is 4.68. The summed E-state index contributed by atoms with van der Waals surface area (Å²) in [5.41, 5.74) is 0.676. The van der Waals surface area contributed by atoms with E-state index in [1.54, 1.807) is 34.1 Å². The van der Waals surface area contributed by atoms with E-state index in [0.717, 1.165) is 25.7 Å². The Labute approximate surface area is 222 Å². The lowest BCUT2D eigenvalue weighted by molar-refractivity contribution is -0.139. The molecule has 0 aromatic heterocycles. The first-order valence-electron chi connectivity index (χ1n) is 13.7. The SMILES string of the molecule is CCCCCCCCCC(=O)NC(C(=O)N1CCN(C(=O)Nc2ccc(Cl)cc2)C(C)C1)C(C)CC. The summed E-state index contributed by atoms with van der Waals surface area (Å²) in [6, 6.07) is 6.11. The largest absolute Gasteiger partial charge is 0.344 e. The summed E-state index contributed by atoms with van der Waals surface area (Å²) in [6.07, 6.45) is 9.34. The van der Waals surface area contributed by atoms with Gasteiger partial charge in [0.15, 0.2) is 0 Å². The molecule has 0 bridgehead atoms. The van der Waals surface area contributed by atoms with Gasteiger partial charge in [-0.25, -0.2) is 4.79 Å². The number of halogens is 1. The van der Waals surface area contributed by atoms with Gasteiger partial charge in [0.25, 0.3) is 0 Å². The predicted molar refractivity (Wildman–Crippen MR) is 147 cm³/mol. The Morgan fingerprint density at radius 1 is 1.00 bits per heavy atom. The molecule has 2 rings (SSSR count). The number of amides is 4. The molecule has 0 saturated carbocycles. The van der Waals surface area contributed by atoms with Gasteiger partial charge in [0.05, 0.1) is 0 Å². The van der Waals surface area contributed by atoms with E-state index in [1.165, 1.54) is 25.7 Å². The minimum atomic E-state index is -0.534. The molecule has 2 N–H and O–H groups in total. The fourth-order valence-electron chi connectivity index (χ4n) is 4.56. The highest BCUT2D eigenvalue weighted by Crippen LogP contribution is 2.19. The van der Waals surface area contributed by atoms with Crippen molar-refractivity contribution in [3.8, 4) is 0 Å². The second-order valence-electron chi connectivity index (χ2n) is 10.1. The second kappa shape index (κ2) is 15.7. The van der Waals surface area contributed by atoms with Crippen LogP contribution in [0.5, 0.6) is 0 Å². The summed E-state index contributed by atoms with van der Waals surface area (Å²) in [7, 11) is 0. The van der Waals surface area contributed by atoms with Gasteiger partial charge in [-0.15, -0.1) is 0 Å². The van der Waals surface area contributed by atoms with Crippen LogP contribution in [0.4, 0.5) is 10.5 Å². The highest BCUT2D eigenvalue weighted by Gasteiger charge is 2.35. The lowest BCUT2D eigenvalue weighted by atomic mass is 9.96. The molecule has 3 unspecified atom stereocenters. The summed E-state index contributed by atoms with van der Waals surface area (Å²) < 4.78 is 0. The number of anilines is 1. The summed E-state index contributed by atoms with van der Waals surface area (Å²) in [5, 5.41) is 6.53. The van der Waals surface area contributed by atoms with Crippen molar-refractivity contribution in [2.75, 3.05) is 25.0 Å². The summed E-state index contributed by atoms with van der Waals surface area (Å²) in [4.78, 5) is 42.4. The number of benzene rings is 1. The standard InChI is InChI=1S/C28H45ClN4O3/c1-5-7-8-9-10-11-12-13-25(34)31-26(21(3)6-2)27(35)32-18-19-33(22(4)20-32)28(36)30-24-16-14-23(29)15-17-24/h14-17,21-22,26H,5-13,18-20H2,1-4H3,(H,30,36)(H,31,34). The Balaban J connectivity index is 1.86. The van der Waals surface area contributed by atoms with E-state index in [4.69, 9.17) is 11.6 Å². The van der Waals surface area contributed by atoms with Crippen molar-refractivity contribution < 1.29 is 14.4 Å². The van der Waals surface area contributed by atoms with Crippen molar-refractivity contribution in [3.63, 3.8) is 0 Å². The van der Waals surface area contributed by atoms with Crippen LogP contribution in [0.25, 0.3) is 0 Å². The number of rotatable bonds is 13. The second-order valence-corrected chi connectivity index (χ2v) is 10.5. The van der Waals surface area contributed by atoms with E-state index in [2.05, 4.69) is 17.6 Å². The molecule has 1 aliphatic rings. The molecule has 0 spiro atoms.